The summed E-state index contributed by atoms with van der Waals surface area (Å²) in [5.74, 6) is 0.943. The predicted molar refractivity (Wildman–Crippen MR) is 80.2 cm³/mol. The molecule has 0 aliphatic carbocycles. The first-order valence-electron chi connectivity index (χ1n) is 7.50. The minimum atomic E-state index is 0.128. The third-order valence-corrected chi connectivity index (χ3v) is 3.69. The fraction of sp³-hybridized carbons (Fsp3) is 0.562. The zero-order valence-corrected chi connectivity index (χ0v) is 12.4. The van der Waals surface area contributed by atoms with E-state index in [4.69, 9.17) is 4.74 Å². The molecule has 1 aromatic rings. The number of benzene rings is 1. The van der Waals surface area contributed by atoms with Gasteiger partial charge in [0.1, 0.15) is 5.75 Å². The average Bonchev–Trinajstić information content (AvgIpc) is 2.49. The third kappa shape index (κ3) is 3.73. The number of ether oxygens (including phenoxy) is 1. The molecular weight excluding hydrogens is 252 g/mol. The van der Waals surface area contributed by atoms with E-state index in [1.165, 1.54) is 0 Å². The van der Waals surface area contributed by atoms with Gasteiger partial charge in [0.2, 0.25) is 0 Å². The Labute approximate surface area is 121 Å². The summed E-state index contributed by atoms with van der Waals surface area (Å²) >= 11 is 0. The summed E-state index contributed by atoms with van der Waals surface area (Å²) in [6.07, 6.45) is 2.08. The number of nitrogens with zero attached hydrogens (tertiary/aromatic N) is 1. The van der Waals surface area contributed by atoms with E-state index >= 15 is 0 Å². The molecule has 0 atom stereocenters. The Morgan fingerprint density at radius 3 is 2.45 bits per heavy atom. The van der Waals surface area contributed by atoms with Crippen LogP contribution in [0.1, 0.15) is 37.0 Å². The molecule has 1 aromatic carbocycles. The number of carbonyl (C=O) groups is 1. The van der Waals surface area contributed by atoms with Crippen molar-refractivity contribution >= 4 is 5.91 Å². The number of nitrogens with one attached hydrogen (secondary N) is 1. The van der Waals surface area contributed by atoms with Crippen LogP contribution < -0.4 is 10.1 Å². The molecule has 0 radical (unpaired) electrons. The Hall–Kier alpha value is -1.55. The number of carbonyl (C=O) groups excluding carboxylic acids is 1. The lowest BCUT2D eigenvalue weighted by molar-refractivity contribution is 0.0706. The van der Waals surface area contributed by atoms with Crippen molar-refractivity contribution in [2.45, 2.75) is 32.7 Å². The van der Waals surface area contributed by atoms with Crippen LogP contribution in [-0.2, 0) is 0 Å². The Morgan fingerprint density at radius 1 is 1.25 bits per heavy atom. The van der Waals surface area contributed by atoms with Crippen molar-refractivity contribution in [3.8, 4) is 5.75 Å². The number of piperidine rings is 1. The van der Waals surface area contributed by atoms with Crippen LogP contribution in [-0.4, -0.2) is 43.1 Å². The van der Waals surface area contributed by atoms with Crippen molar-refractivity contribution in [1.29, 1.82) is 0 Å². The Kier molecular flexibility index (Phi) is 5.41. The quantitative estimate of drug-likeness (QED) is 0.897. The molecular formula is C16H24N2O2. The molecule has 0 spiro atoms. The van der Waals surface area contributed by atoms with E-state index in [0.29, 0.717) is 12.6 Å². The van der Waals surface area contributed by atoms with Crippen molar-refractivity contribution in [3.05, 3.63) is 29.8 Å². The van der Waals surface area contributed by atoms with Gasteiger partial charge < -0.3 is 15.0 Å². The second-order valence-electron chi connectivity index (χ2n) is 5.08. The molecule has 4 nitrogen and oxygen atoms in total. The Balaban J connectivity index is 1.91. The zero-order chi connectivity index (χ0) is 14.4. The van der Waals surface area contributed by atoms with Crippen LogP contribution in [0.2, 0.25) is 0 Å². The molecule has 1 fully saturated rings. The molecule has 0 unspecified atom stereocenters. The van der Waals surface area contributed by atoms with Gasteiger partial charge in [-0.3, -0.25) is 4.79 Å². The number of hydrogen-bond acceptors (Lipinski definition) is 3. The van der Waals surface area contributed by atoms with Crippen LogP contribution in [0.5, 0.6) is 5.75 Å². The molecule has 1 amide bonds. The molecule has 0 saturated carbocycles. The molecule has 1 heterocycles. The molecule has 1 aliphatic heterocycles. The fourth-order valence-electron chi connectivity index (χ4n) is 2.62. The van der Waals surface area contributed by atoms with Gasteiger partial charge in [0, 0.05) is 24.7 Å². The van der Waals surface area contributed by atoms with Gasteiger partial charge in [-0.05, 0) is 50.6 Å². The summed E-state index contributed by atoms with van der Waals surface area (Å²) in [5, 5.41) is 3.45. The highest BCUT2D eigenvalue weighted by atomic mass is 16.5. The lowest BCUT2D eigenvalue weighted by Gasteiger charge is -2.32. The van der Waals surface area contributed by atoms with E-state index in [2.05, 4.69) is 12.2 Å². The third-order valence-electron chi connectivity index (χ3n) is 3.69. The molecule has 110 valence electrons. The van der Waals surface area contributed by atoms with E-state index in [-0.39, 0.29) is 5.91 Å². The normalized spacial score (nSPS) is 16.2. The highest BCUT2D eigenvalue weighted by Crippen LogP contribution is 2.17. The summed E-state index contributed by atoms with van der Waals surface area (Å²) in [7, 11) is 0. The van der Waals surface area contributed by atoms with Gasteiger partial charge in [-0.15, -0.1) is 0 Å². The maximum atomic E-state index is 12.4. The van der Waals surface area contributed by atoms with Crippen LogP contribution >= 0.6 is 0 Å². The van der Waals surface area contributed by atoms with Crippen molar-refractivity contribution in [2.75, 3.05) is 26.2 Å². The molecule has 1 saturated heterocycles. The number of rotatable bonds is 5. The fourth-order valence-corrected chi connectivity index (χ4v) is 2.62. The van der Waals surface area contributed by atoms with E-state index in [0.717, 1.165) is 43.8 Å². The average molecular weight is 276 g/mol. The zero-order valence-electron chi connectivity index (χ0n) is 12.4. The minimum Gasteiger partial charge on any atom is -0.494 e. The summed E-state index contributed by atoms with van der Waals surface area (Å²) in [4.78, 5) is 14.3. The highest BCUT2D eigenvalue weighted by Gasteiger charge is 2.22. The van der Waals surface area contributed by atoms with Gasteiger partial charge in [0.25, 0.3) is 5.91 Å². The molecule has 4 heteroatoms. The van der Waals surface area contributed by atoms with Gasteiger partial charge in [-0.2, -0.15) is 0 Å². The van der Waals surface area contributed by atoms with Gasteiger partial charge >= 0.3 is 0 Å². The first kappa shape index (κ1) is 14.9. The summed E-state index contributed by atoms with van der Waals surface area (Å²) < 4.78 is 5.39. The molecule has 20 heavy (non-hydrogen) atoms. The smallest absolute Gasteiger partial charge is 0.253 e. The topological polar surface area (TPSA) is 41.6 Å². The Bertz CT molecular complexity index is 423. The van der Waals surface area contributed by atoms with Crippen LogP contribution in [0.15, 0.2) is 24.3 Å². The summed E-state index contributed by atoms with van der Waals surface area (Å²) in [6, 6.07) is 7.99. The van der Waals surface area contributed by atoms with E-state index in [9.17, 15) is 4.79 Å². The maximum absolute atomic E-state index is 12.4. The predicted octanol–water partition coefficient (Wildman–Crippen LogP) is 2.30. The van der Waals surface area contributed by atoms with E-state index < -0.39 is 0 Å². The van der Waals surface area contributed by atoms with E-state index in [1.54, 1.807) is 0 Å². The summed E-state index contributed by atoms with van der Waals surface area (Å²) in [6.45, 7) is 7.39. The van der Waals surface area contributed by atoms with Crippen molar-refractivity contribution in [3.63, 3.8) is 0 Å². The molecule has 0 bridgehead atoms. The SMILES string of the molecule is CCNC1CCN(C(=O)c2ccc(OCC)cc2)CC1. The van der Waals surface area contributed by atoms with Crippen molar-refractivity contribution in [1.82, 2.24) is 10.2 Å². The monoisotopic (exact) mass is 276 g/mol. The van der Waals surface area contributed by atoms with Crippen LogP contribution in [0.4, 0.5) is 0 Å². The molecule has 1 aliphatic rings. The van der Waals surface area contributed by atoms with Crippen molar-refractivity contribution in [2.24, 2.45) is 0 Å². The van der Waals surface area contributed by atoms with Gasteiger partial charge in [0.05, 0.1) is 6.61 Å². The van der Waals surface area contributed by atoms with Crippen molar-refractivity contribution < 1.29 is 9.53 Å². The highest BCUT2D eigenvalue weighted by molar-refractivity contribution is 5.94. The minimum absolute atomic E-state index is 0.128. The lowest BCUT2D eigenvalue weighted by Crippen LogP contribution is -2.44. The van der Waals surface area contributed by atoms with Gasteiger partial charge in [-0.1, -0.05) is 6.92 Å². The van der Waals surface area contributed by atoms with Crippen LogP contribution in [0, 0.1) is 0 Å². The molecule has 0 aromatic heterocycles. The first-order chi connectivity index (χ1) is 9.74. The number of hydrogen-bond donors (Lipinski definition) is 1. The Morgan fingerprint density at radius 2 is 1.90 bits per heavy atom. The van der Waals surface area contributed by atoms with Gasteiger partial charge in [-0.25, -0.2) is 0 Å². The second kappa shape index (κ2) is 7.29. The number of amides is 1. The van der Waals surface area contributed by atoms with Crippen LogP contribution in [0.3, 0.4) is 0 Å². The second-order valence-corrected chi connectivity index (χ2v) is 5.08. The lowest BCUT2D eigenvalue weighted by atomic mass is 10.0. The summed E-state index contributed by atoms with van der Waals surface area (Å²) in [5.41, 5.74) is 0.746. The number of likely N-dealkylation sites (tertiary alicyclic amines) is 1. The standard InChI is InChI=1S/C16H24N2O2/c1-3-17-14-9-11-18(12-10-14)16(19)13-5-7-15(8-6-13)20-4-2/h5-8,14,17H,3-4,9-12H2,1-2H3. The molecule has 1 N–H and O–H groups in total. The largest absolute Gasteiger partial charge is 0.494 e. The van der Waals surface area contributed by atoms with E-state index in [1.807, 2.05) is 36.1 Å². The van der Waals surface area contributed by atoms with Gasteiger partial charge in [0.15, 0.2) is 0 Å². The molecule has 2 rings (SSSR count). The van der Waals surface area contributed by atoms with Crippen LogP contribution in [0.25, 0.3) is 0 Å². The maximum Gasteiger partial charge on any atom is 0.253 e. The first-order valence-corrected chi connectivity index (χ1v) is 7.50.